The van der Waals surface area contributed by atoms with Gasteiger partial charge in [-0.05, 0) is 44.7 Å². The number of urea groups is 1. The van der Waals surface area contributed by atoms with Gasteiger partial charge >= 0.3 is 12.0 Å². The average molecular weight is 269 g/mol. The number of aliphatic carboxylic acids is 1. The van der Waals surface area contributed by atoms with Crippen molar-refractivity contribution in [3.63, 3.8) is 0 Å². The second-order valence-electron chi connectivity index (χ2n) is 5.81. The molecule has 1 saturated carbocycles. The second kappa shape index (κ2) is 6.23. The van der Waals surface area contributed by atoms with Crippen LogP contribution in [0.5, 0.6) is 0 Å². The molecule has 2 atom stereocenters. The zero-order chi connectivity index (χ0) is 13.8. The standard InChI is InChI=1S/C13H23N3O3/c1-16-5-4-9(8-16)7-14-13(19)15-11(6-12(17)18)10-2-3-10/h9-11H,2-8H2,1H3,(H,17,18)(H2,14,15,19). The highest BCUT2D eigenvalue weighted by Gasteiger charge is 2.33. The molecule has 0 aromatic rings. The maximum Gasteiger partial charge on any atom is 0.315 e. The van der Waals surface area contributed by atoms with E-state index in [1.807, 2.05) is 0 Å². The van der Waals surface area contributed by atoms with E-state index in [-0.39, 0.29) is 18.5 Å². The lowest BCUT2D eigenvalue weighted by Crippen LogP contribution is -2.45. The largest absolute Gasteiger partial charge is 0.481 e. The molecule has 1 saturated heterocycles. The van der Waals surface area contributed by atoms with Crippen LogP contribution < -0.4 is 10.6 Å². The third-order valence-corrected chi connectivity index (χ3v) is 3.94. The van der Waals surface area contributed by atoms with Crippen LogP contribution in [0.25, 0.3) is 0 Å². The van der Waals surface area contributed by atoms with Crippen molar-refractivity contribution in [3.8, 4) is 0 Å². The number of nitrogens with zero attached hydrogens (tertiary/aromatic N) is 1. The van der Waals surface area contributed by atoms with Crippen LogP contribution in [0.2, 0.25) is 0 Å². The maximum atomic E-state index is 11.8. The quantitative estimate of drug-likeness (QED) is 0.655. The Morgan fingerprint density at radius 1 is 1.37 bits per heavy atom. The number of carbonyl (C=O) groups is 2. The second-order valence-corrected chi connectivity index (χ2v) is 5.81. The van der Waals surface area contributed by atoms with Gasteiger partial charge in [0.1, 0.15) is 0 Å². The number of amides is 2. The first-order valence-corrected chi connectivity index (χ1v) is 6.99. The summed E-state index contributed by atoms with van der Waals surface area (Å²) >= 11 is 0. The number of carboxylic acids is 1. The molecule has 3 N–H and O–H groups in total. The molecule has 2 rings (SSSR count). The van der Waals surface area contributed by atoms with E-state index in [0.717, 1.165) is 32.4 Å². The van der Waals surface area contributed by atoms with Crippen LogP contribution in [-0.4, -0.2) is 54.7 Å². The first kappa shape index (κ1) is 14.1. The van der Waals surface area contributed by atoms with Crippen molar-refractivity contribution in [3.05, 3.63) is 0 Å². The van der Waals surface area contributed by atoms with Crippen molar-refractivity contribution in [2.45, 2.75) is 31.7 Å². The van der Waals surface area contributed by atoms with Gasteiger partial charge in [0.15, 0.2) is 0 Å². The van der Waals surface area contributed by atoms with E-state index < -0.39 is 5.97 Å². The van der Waals surface area contributed by atoms with E-state index in [1.165, 1.54) is 0 Å². The Kier molecular flexibility index (Phi) is 4.63. The molecule has 2 aliphatic rings. The van der Waals surface area contributed by atoms with Crippen molar-refractivity contribution < 1.29 is 14.7 Å². The molecule has 0 spiro atoms. The number of carbonyl (C=O) groups excluding carboxylic acids is 1. The van der Waals surface area contributed by atoms with Crippen molar-refractivity contribution in [2.75, 3.05) is 26.7 Å². The van der Waals surface area contributed by atoms with Crippen LogP contribution in [0, 0.1) is 11.8 Å². The molecule has 2 fully saturated rings. The predicted molar refractivity (Wildman–Crippen MR) is 70.9 cm³/mol. The summed E-state index contributed by atoms with van der Waals surface area (Å²) in [5.74, 6) is 0.00341. The highest BCUT2D eigenvalue weighted by molar-refractivity contribution is 5.75. The average Bonchev–Trinajstić information content (AvgIpc) is 3.09. The van der Waals surface area contributed by atoms with E-state index in [1.54, 1.807) is 0 Å². The monoisotopic (exact) mass is 269 g/mol. The summed E-state index contributed by atoms with van der Waals surface area (Å²) in [6.45, 7) is 2.76. The highest BCUT2D eigenvalue weighted by Crippen LogP contribution is 2.33. The minimum Gasteiger partial charge on any atom is -0.481 e. The molecule has 6 heteroatoms. The topological polar surface area (TPSA) is 81.7 Å². The Morgan fingerprint density at radius 2 is 2.11 bits per heavy atom. The number of hydrogen-bond acceptors (Lipinski definition) is 3. The first-order valence-electron chi connectivity index (χ1n) is 6.99. The zero-order valence-electron chi connectivity index (χ0n) is 11.4. The van der Waals surface area contributed by atoms with Gasteiger partial charge in [-0.25, -0.2) is 4.79 Å². The molecule has 19 heavy (non-hydrogen) atoms. The molecule has 2 unspecified atom stereocenters. The maximum absolute atomic E-state index is 11.8. The fraction of sp³-hybridized carbons (Fsp3) is 0.846. The van der Waals surface area contributed by atoms with Gasteiger partial charge in [-0.3, -0.25) is 4.79 Å². The van der Waals surface area contributed by atoms with Crippen LogP contribution in [-0.2, 0) is 4.79 Å². The van der Waals surface area contributed by atoms with Crippen LogP contribution in [0.3, 0.4) is 0 Å². The van der Waals surface area contributed by atoms with Gasteiger partial charge in [-0.2, -0.15) is 0 Å². The molecule has 0 bridgehead atoms. The predicted octanol–water partition coefficient (Wildman–Crippen LogP) is 0.491. The summed E-state index contributed by atoms with van der Waals surface area (Å²) in [4.78, 5) is 24.8. The van der Waals surface area contributed by atoms with Crippen molar-refractivity contribution in [1.29, 1.82) is 0 Å². The minimum absolute atomic E-state index is 0.0181. The van der Waals surface area contributed by atoms with Crippen molar-refractivity contribution in [2.24, 2.45) is 11.8 Å². The lowest BCUT2D eigenvalue weighted by atomic mass is 10.1. The fourth-order valence-electron chi connectivity index (χ4n) is 2.67. The SMILES string of the molecule is CN1CCC(CNC(=O)NC(CC(=O)O)C2CC2)C1. The number of carboxylic acid groups (broad SMARTS) is 1. The van der Waals surface area contributed by atoms with Gasteiger partial charge in [-0.1, -0.05) is 0 Å². The molecule has 0 aromatic heterocycles. The Bertz CT molecular complexity index is 344. The van der Waals surface area contributed by atoms with Crippen LogP contribution in [0.4, 0.5) is 4.79 Å². The molecule has 6 nitrogen and oxygen atoms in total. The molecule has 0 aromatic carbocycles. The fourth-order valence-corrected chi connectivity index (χ4v) is 2.67. The first-order chi connectivity index (χ1) is 9.04. The summed E-state index contributed by atoms with van der Waals surface area (Å²) in [6, 6.07) is -0.448. The zero-order valence-corrected chi connectivity index (χ0v) is 11.4. The third kappa shape index (κ3) is 4.70. The number of hydrogen-bond donors (Lipinski definition) is 3. The van der Waals surface area contributed by atoms with Crippen molar-refractivity contribution >= 4 is 12.0 Å². The van der Waals surface area contributed by atoms with Gasteiger partial charge in [0.2, 0.25) is 0 Å². The normalized spacial score (nSPS) is 25.0. The highest BCUT2D eigenvalue weighted by atomic mass is 16.4. The lowest BCUT2D eigenvalue weighted by Gasteiger charge is -2.18. The molecule has 2 amide bonds. The van der Waals surface area contributed by atoms with Crippen LogP contribution >= 0.6 is 0 Å². The molecule has 108 valence electrons. The Hall–Kier alpha value is -1.30. The van der Waals surface area contributed by atoms with Gasteiger partial charge in [-0.15, -0.1) is 0 Å². The van der Waals surface area contributed by atoms with Crippen LogP contribution in [0.1, 0.15) is 25.7 Å². The molecule has 1 heterocycles. The van der Waals surface area contributed by atoms with E-state index >= 15 is 0 Å². The van der Waals surface area contributed by atoms with E-state index in [9.17, 15) is 9.59 Å². The minimum atomic E-state index is -0.852. The van der Waals surface area contributed by atoms with Gasteiger partial charge in [0, 0.05) is 19.1 Å². The van der Waals surface area contributed by atoms with Gasteiger partial charge in [0.05, 0.1) is 6.42 Å². The smallest absolute Gasteiger partial charge is 0.315 e. The van der Waals surface area contributed by atoms with E-state index in [4.69, 9.17) is 5.11 Å². The third-order valence-electron chi connectivity index (χ3n) is 3.94. The Labute approximate surface area is 113 Å². The van der Waals surface area contributed by atoms with Gasteiger partial charge < -0.3 is 20.6 Å². The van der Waals surface area contributed by atoms with E-state index in [0.29, 0.717) is 18.4 Å². The summed E-state index contributed by atoms with van der Waals surface area (Å²) in [6.07, 6.45) is 3.17. The molecule has 1 aliphatic heterocycles. The van der Waals surface area contributed by atoms with E-state index in [2.05, 4.69) is 22.6 Å². The molecular formula is C13H23N3O3. The molecular weight excluding hydrogens is 246 g/mol. The molecule has 0 radical (unpaired) electrons. The number of nitrogens with one attached hydrogen (secondary N) is 2. The Balaban J connectivity index is 1.68. The number of likely N-dealkylation sites (tertiary alicyclic amines) is 1. The summed E-state index contributed by atoms with van der Waals surface area (Å²) in [5.41, 5.74) is 0. The number of rotatable bonds is 6. The summed E-state index contributed by atoms with van der Waals surface area (Å²) in [5, 5.41) is 14.5. The van der Waals surface area contributed by atoms with Crippen molar-refractivity contribution in [1.82, 2.24) is 15.5 Å². The van der Waals surface area contributed by atoms with Crippen LogP contribution in [0.15, 0.2) is 0 Å². The van der Waals surface area contributed by atoms with Gasteiger partial charge in [0.25, 0.3) is 0 Å². The molecule has 1 aliphatic carbocycles. The lowest BCUT2D eigenvalue weighted by molar-refractivity contribution is -0.137. The summed E-state index contributed by atoms with van der Waals surface area (Å²) < 4.78 is 0. The summed E-state index contributed by atoms with van der Waals surface area (Å²) in [7, 11) is 2.08. The Morgan fingerprint density at radius 3 is 2.63 bits per heavy atom.